The van der Waals surface area contributed by atoms with E-state index in [0.29, 0.717) is 12.1 Å². The summed E-state index contributed by atoms with van der Waals surface area (Å²) < 4.78 is 0. The van der Waals surface area contributed by atoms with E-state index in [0.717, 1.165) is 6.54 Å². The zero-order valence-corrected chi connectivity index (χ0v) is 11.2. The molecule has 2 fully saturated rings. The lowest BCUT2D eigenvalue weighted by atomic mass is 9.93. The minimum absolute atomic E-state index is 0.368. The van der Waals surface area contributed by atoms with Crippen LogP contribution in [-0.2, 0) is 0 Å². The van der Waals surface area contributed by atoms with Gasteiger partial charge in [0.15, 0.2) is 0 Å². The minimum Gasteiger partial charge on any atom is -0.301 e. The van der Waals surface area contributed by atoms with Crippen LogP contribution in [0.5, 0.6) is 0 Å². The Morgan fingerprint density at radius 3 is 2.41 bits per heavy atom. The van der Waals surface area contributed by atoms with Gasteiger partial charge in [0, 0.05) is 18.6 Å². The molecule has 0 spiro atoms. The molecule has 17 heavy (non-hydrogen) atoms. The first-order valence-electron chi connectivity index (χ1n) is 7.02. The van der Waals surface area contributed by atoms with Gasteiger partial charge in [-0.3, -0.25) is 5.32 Å². The van der Waals surface area contributed by atoms with E-state index in [2.05, 4.69) is 23.3 Å². The molecule has 0 aromatic carbocycles. The molecule has 0 saturated heterocycles. The lowest BCUT2D eigenvalue weighted by molar-refractivity contribution is 0.160. The summed E-state index contributed by atoms with van der Waals surface area (Å²) in [5.41, 5.74) is -0.368. The predicted octanol–water partition coefficient (Wildman–Crippen LogP) is 2.29. The van der Waals surface area contributed by atoms with Gasteiger partial charge >= 0.3 is 0 Å². The predicted molar refractivity (Wildman–Crippen MR) is 69.7 cm³/mol. The van der Waals surface area contributed by atoms with Crippen molar-refractivity contribution in [1.29, 1.82) is 5.26 Å². The monoisotopic (exact) mass is 235 g/mol. The van der Waals surface area contributed by atoms with Gasteiger partial charge in [-0.05, 0) is 39.7 Å². The second-order valence-electron chi connectivity index (χ2n) is 6.07. The fraction of sp³-hybridized carbons (Fsp3) is 0.929. The Labute approximate surface area is 105 Å². The average molecular weight is 235 g/mol. The summed E-state index contributed by atoms with van der Waals surface area (Å²) in [7, 11) is 2.18. The molecule has 0 aromatic rings. The number of nitrogens with one attached hydrogen (secondary N) is 1. The third kappa shape index (κ3) is 3.69. The maximum Gasteiger partial charge on any atom is 0.116 e. The maximum atomic E-state index is 9.37. The van der Waals surface area contributed by atoms with Gasteiger partial charge in [-0.2, -0.15) is 5.26 Å². The Bertz CT molecular complexity index is 286. The van der Waals surface area contributed by atoms with E-state index < -0.39 is 0 Å². The van der Waals surface area contributed by atoms with Gasteiger partial charge in [0.25, 0.3) is 0 Å². The SMILES string of the molecule is CN(CC(C)(C#N)NC1CC1)C1CCCCC1. The zero-order chi connectivity index (χ0) is 12.3. The number of likely N-dealkylation sites (N-methyl/N-ethyl adjacent to an activating group) is 1. The molecule has 2 aliphatic carbocycles. The first kappa shape index (κ1) is 12.9. The van der Waals surface area contributed by atoms with Crippen molar-refractivity contribution >= 4 is 0 Å². The van der Waals surface area contributed by atoms with E-state index in [-0.39, 0.29) is 5.54 Å². The van der Waals surface area contributed by atoms with Crippen LogP contribution in [0.1, 0.15) is 51.9 Å². The summed E-state index contributed by atoms with van der Waals surface area (Å²) in [6.07, 6.45) is 9.19. The highest BCUT2D eigenvalue weighted by Gasteiger charge is 2.34. The quantitative estimate of drug-likeness (QED) is 0.794. The Hall–Kier alpha value is -0.590. The van der Waals surface area contributed by atoms with E-state index in [1.54, 1.807) is 0 Å². The van der Waals surface area contributed by atoms with Crippen molar-refractivity contribution in [2.45, 2.75) is 69.5 Å². The van der Waals surface area contributed by atoms with Gasteiger partial charge in [-0.1, -0.05) is 19.3 Å². The largest absolute Gasteiger partial charge is 0.301 e. The third-order valence-electron chi connectivity index (χ3n) is 4.11. The number of rotatable bonds is 5. The molecule has 3 heteroatoms. The molecule has 1 atom stereocenters. The third-order valence-corrected chi connectivity index (χ3v) is 4.11. The molecule has 2 aliphatic rings. The van der Waals surface area contributed by atoms with Gasteiger partial charge in [0.05, 0.1) is 6.07 Å². The highest BCUT2D eigenvalue weighted by Crippen LogP contribution is 2.25. The van der Waals surface area contributed by atoms with Gasteiger partial charge in [0.1, 0.15) is 5.54 Å². The summed E-state index contributed by atoms with van der Waals surface area (Å²) in [5, 5.41) is 12.9. The zero-order valence-electron chi connectivity index (χ0n) is 11.2. The van der Waals surface area contributed by atoms with E-state index in [1.165, 1.54) is 44.9 Å². The molecule has 0 heterocycles. The number of nitrogens with zero attached hydrogens (tertiary/aromatic N) is 2. The summed E-state index contributed by atoms with van der Waals surface area (Å²) in [4.78, 5) is 2.40. The van der Waals surface area contributed by atoms with Crippen molar-refractivity contribution in [2.24, 2.45) is 0 Å². The van der Waals surface area contributed by atoms with E-state index in [4.69, 9.17) is 0 Å². The molecular formula is C14H25N3. The van der Waals surface area contributed by atoms with Crippen LogP contribution in [0.2, 0.25) is 0 Å². The second-order valence-corrected chi connectivity index (χ2v) is 6.07. The van der Waals surface area contributed by atoms with Crippen LogP contribution in [0.3, 0.4) is 0 Å². The number of hydrogen-bond donors (Lipinski definition) is 1. The Morgan fingerprint density at radius 2 is 1.88 bits per heavy atom. The lowest BCUT2D eigenvalue weighted by Crippen LogP contribution is -2.52. The first-order valence-corrected chi connectivity index (χ1v) is 7.02. The van der Waals surface area contributed by atoms with Crippen LogP contribution in [0.4, 0.5) is 0 Å². The topological polar surface area (TPSA) is 39.1 Å². The van der Waals surface area contributed by atoms with Gasteiger partial charge in [-0.25, -0.2) is 0 Å². The summed E-state index contributed by atoms with van der Waals surface area (Å²) in [6, 6.07) is 3.76. The standard InChI is InChI=1S/C14H25N3/c1-14(10-15,16-12-8-9-12)11-17(2)13-6-4-3-5-7-13/h12-13,16H,3-9,11H2,1-2H3. The summed E-state index contributed by atoms with van der Waals surface area (Å²) in [5.74, 6) is 0. The highest BCUT2D eigenvalue weighted by molar-refractivity contribution is 5.09. The molecule has 1 N–H and O–H groups in total. The minimum atomic E-state index is -0.368. The number of hydrogen-bond acceptors (Lipinski definition) is 3. The normalized spacial score (nSPS) is 25.5. The van der Waals surface area contributed by atoms with Crippen molar-refractivity contribution in [2.75, 3.05) is 13.6 Å². The van der Waals surface area contributed by atoms with Crippen LogP contribution in [0, 0.1) is 11.3 Å². The smallest absolute Gasteiger partial charge is 0.116 e. The van der Waals surface area contributed by atoms with E-state index in [1.807, 2.05) is 6.92 Å². The van der Waals surface area contributed by atoms with Crippen molar-refractivity contribution < 1.29 is 0 Å². The van der Waals surface area contributed by atoms with Crippen molar-refractivity contribution in [1.82, 2.24) is 10.2 Å². The maximum absolute atomic E-state index is 9.37. The fourth-order valence-electron chi connectivity index (χ4n) is 2.94. The van der Waals surface area contributed by atoms with Crippen LogP contribution in [0.25, 0.3) is 0 Å². The van der Waals surface area contributed by atoms with Crippen molar-refractivity contribution in [3.8, 4) is 6.07 Å². The van der Waals surface area contributed by atoms with Gasteiger partial charge < -0.3 is 4.90 Å². The number of nitriles is 1. The van der Waals surface area contributed by atoms with Gasteiger partial charge in [0.2, 0.25) is 0 Å². The molecular weight excluding hydrogens is 210 g/mol. The van der Waals surface area contributed by atoms with E-state index in [9.17, 15) is 5.26 Å². The van der Waals surface area contributed by atoms with Crippen LogP contribution in [-0.4, -0.2) is 36.1 Å². The molecule has 2 rings (SSSR count). The van der Waals surface area contributed by atoms with Crippen molar-refractivity contribution in [3.05, 3.63) is 0 Å². The highest BCUT2D eigenvalue weighted by atomic mass is 15.2. The molecule has 0 aromatic heterocycles. The Balaban J connectivity index is 1.85. The molecule has 0 radical (unpaired) electrons. The summed E-state index contributed by atoms with van der Waals surface area (Å²) in [6.45, 7) is 2.90. The molecule has 0 aliphatic heterocycles. The molecule has 1 unspecified atom stereocenters. The van der Waals surface area contributed by atoms with Crippen molar-refractivity contribution in [3.63, 3.8) is 0 Å². The molecule has 2 saturated carbocycles. The molecule has 3 nitrogen and oxygen atoms in total. The Kier molecular flexibility index (Phi) is 4.06. The lowest BCUT2D eigenvalue weighted by Gasteiger charge is -2.36. The average Bonchev–Trinajstić information content (AvgIpc) is 3.14. The second kappa shape index (κ2) is 5.37. The molecule has 0 amide bonds. The van der Waals surface area contributed by atoms with Crippen LogP contribution >= 0.6 is 0 Å². The van der Waals surface area contributed by atoms with Crippen LogP contribution in [0.15, 0.2) is 0 Å². The van der Waals surface area contributed by atoms with Crippen LogP contribution < -0.4 is 5.32 Å². The summed E-state index contributed by atoms with van der Waals surface area (Å²) >= 11 is 0. The fourth-order valence-corrected chi connectivity index (χ4v) is 2.94. The molecule has 0 bridgehead atoms. The first-order chi connectivity index (χ1) is 8.13. The Morgan fingerprint density at radius 1 is 1.24 bits per heavy atom. The van der Waals surface area contributed by atoms with Gasteiger partial charge in [-0.15, -0.1) is 0 Å². The molecule has 96 valence electrons. The van der Waals surface area contributed by atoms with E-state index >= 15 is 0 Å².